The first kappa shape index (κ1) is 27.1. The zero-order valence-corrected chi connectivity index (χ0v) is 20.6. The second-order valence-electron chi connectivity index (χ2n) is 9.01. The van der Waals surface area contributed by atoms with Gasteiger partial charge in [-0.2, -0.15) is 4.98 Å². The van der Waals surface area contributed by atoms with E-state index < -0.39 is 41.8 Å². The molecule has 2 aromatic carbocycles. The standard InChI is InChI=1S/C25H29N5O7/c1-14(2)11-18(26)22(34)30(29-15(3)31)25(23(35)36,13-21(32)33)16-9-10-19-20(12-16)37-24(28-19)27-17-7-5-4-6-8-17/h4-10,12,14,18H,11,13,26H2,1-3H3,(H,27,28)(H,29,31)(H,32,33)(H,35,36). The van der Waals surface area contributed by atoms with Crippen molar-refractivity contribution in [2.45, 2.75) is 45.2 Å². The third-order valence-corrected chi connectivity index (χ3v) is 5.57. The second kappa shape index (κ2) is 11.1. The summed E-state index contributed by atoms with van der Waals surface area (Å²) in [5.74, 6) is -4.96. The maximum atomic E-state index is 13.4. The number of nitrogens with two attached hydrogens (primary N) is 1. The Bertz CT molecular complexity index is 1310. The third-order valence-electron chi connectivity index (χ3n) is 5.57. The van der Waals surface area contributed by atoms with Gasteiger partial charge >= 0.3 is 11.9 Å². The van der Waals surface area contributed by atoms with Crippen LogP contribution in [0.5, 0.6) is 0 Å². The molecule has 3 rings (SSSR count). The van der Waals surface area contributed by atoms with Gasteiger partial charge in [0.15, 0.2) is 11.1 Å². The van der Waals surface area contributed by atoms with Crippen LogP contribution in [0.2, 0.25) is 0 Å². The normalized spacial score (nSPS) is 13.5. The first-order valence-electron chi connectivity index (χ1n) is 11.5. The van der Waals surface area contributed by atoms with Crippen molar-refractivity contribution in [3.63, 3.8) is 0 Å². The molecule has 0 radical (unpaired) electrons. The van der Waals surface area contributed by atoms with E-state index in [1.165, 1.54) is 18.2 Å². The van der Waals surface area contributed by atoms with Gasteiger partial charge in [0, 0.05) is 12.6 Å². The summed E-state index contributed by atoms with van der Waals surface area (Å²) < 4.78 is 5.74. The molecule has 0 fully saturated rings. The number of benzene rings is 2. The van der Waals surface area contributed by atoms with E-state index in [1.54, 1.807) is 12.1 Å². The minimum atomic E-state index is -2.54. The summed E-state index contributed by atoms with van der Waals surface area (Å²) in [5.41, 5.74) is 6.76. The Kier molecular flexibility index (Phi) is 8.13. The summed E-state index contributed by atoms with van der Waals surface area (Å²) >= 11 is 0. The highest BCUT2D eigenvalue weighted by atomic mass is 16.4. The first-order chi connectivity index (χ1) is 17.4. The third kappa shape index (κ3) is 6.04. The lowest BCUT2D eigenvalue weighted by molar-refractivity contribution is -0.172. The summed E-state index contributed by atoms with van der Waals surface area (Å²) in [7, 11) is 0. The number of aromatic nitrogens is 1. The fraction of sp³-hybridized carbons (Fsp3) is 0.320. The van der Waals surface area contributed by atoms with E-state index in [2.05, 4.69) is 15.7 Å². The Morgan fingerprint density at radius 1 is 1.11 bits per heavy atom. The average Bonchev–Trinajstić information content (AvgIpc) is 3.21. The molecule has 0 aliphatic heterocycles. The molecule has 0 aliphatic rings. The molecular weight excluding hydrogens is 482 g/mol. The largest absolute Gasteiger partial charge is 0.481 e. The Hall–Kier alpha value is -4.45. The average molecular weight is 512 g/mol. The molecule has 6 N–H and O–H groups in total. The van der Waals surface area contributed by atoms with Crippen LogP contribution in [-0.2, 0) is 24.7 Å². The van der Waals surface area contributed by atoms with Crippen LogP contribution >= 0.6 is 0 Å². The van der Waals surface area contributed by atoms with Crippen molar-refractivity contribution in [2.75, 3.05) is 5.32 Å². The van der Waals surface area contributed by atoms with Crippen molar-refractivity contribution in [1.82, 2.24) is 15.4 Å². The van der Waals surface area contributed by atoms with E-state index in [1.807, 2.05) is 32.0 Å². The molecule has 1 aromatic heterocycles. The van der Waals surface area contributed by atoms with Crippen LogP contribution in [0, 0.1) is 5.92 Å². The zero-order chi connectivity index (χ0) is 27.3. The summed E-state index contributed by atoms with van der Waals surface area (Å²) in [6, 6.07) is 12.0. The lowest BCUT2D eigenvalue weighted by atomic mass is 9.84. The molecule has 1 heterocycles. The maximum absolute atomic E-state index is 13.4. The molecule has 0 bridgehead atoms. The summed E-state index contributed by atoms with van der Waals surface area (Å²) in [6.45, 7) is 4.70. The van der Waals surface area contributed by atoms with Crippen LogP contribution in [0.25, 0.3) is 11.1 Å². The van der Waals surface area contributed by atoms with Gasteiger partial charge in [0.25, 0.3) is 11.9 Å². The number of para-hydroxylation sites is 1. The Balaban J connectivity index is 2.15. The van der Waals surface area contributed by atoms with Gasteiger partial charge in [-0.1, -0.05) is 38.1 Å². The SMILES string of the molecule is CC(=O)NN(C(=O)C(N)CC(C)C)C(CC(=O)O)(C(=O)O)c1ccc2nc(Nc3ccccc3)oc2c1. The lowest BCUT2D eigenvalue weighted by Gasteiger charge is -2.40. The maximum Gasteiger partial charge on any atom is 0.337 e. The number of carbonyl (C=O) groups excluding carboxylic acids is 2. The number of hydrogen-bond donors (Lipinski definition) is 5. The van der Waals surface area contributed by atoms with Crippen molar-refractivity contribution >= 4 is 46.6 Å². The number of hydrogen-bond acceptors (Lipinski definition) is 8. The Labute approximate surface area is 212 Å². The molecule has 37 heavy (non-hydrogen) atoms. The van der Waals surface area contributed by atoms with Crippen LogP contribution in [-0.4, -0.2) is 50.0 Å². The number of rotatable bonds is 10. The van der Waals surface area contributed by atoms with E-state index in [0.29, 0.717) is 16.2 Å². The fourth-order valence-electron chi connectivity index (χ4n) is 3.97. The highest BCUT2D eigenvalue weighted by molar-refractivity contribution is 5.95. The van der Waals surface area contributed by atoms with Crippen molar-refractivity contribution < 1.29 is 33.8 Å². The van der Waals surface area contributed by atoms with Gasteiger partial charge in [0.1, 0.15) is 5.52 Å². The van der Waals surface area contributed by atoms with Gasteiger partial charge in [0.2, 0.25) is 5.91 Å². The molecule has 0 saturated heterocycles. The minimum Gasteiger partial charge on any atom is -0.481 e. The minimum absolute atomic E-state index is 0.0297. The molecule has 2 amide bonds. The van der Waals surface area contributed by atoms with Crippen LogP contribution in [0.4, 0.5) is 11.7 Å². The smallest absolute Gasteiger partial charge is 0.337 e. The quantitative estimate of drug-likeness (QED) is 0.253. The fourth-order valence-corrected chi connectivity index (χ4v) is 3.97. The number of amides is 2. The van der Waals surface area contributed by atoms with Crippen LogP contribution in [0.1, 0.15) is 39.2 Å². The first-order valence-corrected chi connectivity index (χ1v) is 11.5. The van der Waals surface area contributed by atoms with Gasteiger partial charge in [-0.05, 0) is 42.2 Å². The zero-order valence-electron chi connectivity index (χ0n) is 20.6. The topological polar surface area (TPSA) is 188 Å². The van der Waals surface area contributed by atoms with Gasteiger partial charge in [-0.25, -0.2) is 9.80 Å². The monoisotopic (exact) mass is 511 g/mol. The highest BCUT2D eigenvalue weighted by Crippen LogP contribution is 2.35. The summed E-state index contributed by atoms with van der Waals surface area (Å²) in [6.07, 6.45) is -0.898. The number of carboxylic acids is 2. The number of carbonyl (C=O) groups is 4. The molecular formula is C25H29N5O7. The van der Waals surface area contributed by atoms with Crippen LogP contribution in [0.3, 0.4) is 0 Å². The number of carboxylic acid groups (broad SMARTS) is 2. The number of nitrogens with one attached hydrogen (secondary N) is 2. The molecule has 0 saturated carbocycles. The van der Waals surface area contributed by atoms with Crippen molar-refractivity contribution in [1.29, 1.82) is 0 Å². The Morgan fingerprint density at radius 2 is 1.78 bits per heavy atom. The van der Waals surface area contributed by atoms with Crippen LogP contribution < -0.4 is 16.5 Å². The molecule has 196 valence electrons. The Morgan fingerprint density at radius 3 is 2.35 bits per heavy atom. The summed E-state index contributed by atoms with van der Waals surface area (Å²) in [4.78, 5) is 54.5. The number of fused-ring (bicyclic) bond motifs is 1. The number of anilines is 2. The number of oxazole rings is 1. The number of nitrogens with zero attached hydrogens (tertiary/aromatic N) is 2. The predicted octanol–water partition coefficient (Wildman–Crippen LogP) is 2.58. The molecule has 3 aromatic rings. The number of hydrazine groups is 1. The van der Waals surface area contributed by atoms with E-state index in [9.17, 15) is 29.4 Å². The van der Waals surface area contributed by atoms with Gasteiger partial charge < -0.3 is 25.7 Å². The lowest BCUT2D eigenvalue weighted by Crippen LogP contribution is -2.65. The molecule has 12 heteroatoms. The van der Waals surface area contributed by atoms with E-state index in [4.69, 9.17) is 10.2 Å². The van der Waals surface area contributed by atoms with E-state index in [0.717, 1.165) is 6.92 Å². The second-order valence-corrected chi connectivity index (χ2v) is 9.01. The predicted molar refractivity (Wildman–Crippen MR) is 133 cm³/mol. The molecule has 0 spiro atoms. The van der Waals surface area contributed by atoms with Gasteiger partial charge in [-0.3, -0.25) is 19.8 Å². The molecule has 0 aliphatic carbocycles. The number of aliphatic carboxylic acids is 2. The van der Waals surface area contributed by atoms with Crippen LogP contribution in [0.15, 0.2) is 52.9 Å². The van der Waals surface area contributed by atoms with E-state index >= 15 is 0 Å². The van der Waals surface area contributed by atoms with Crippen molar-refractivity contribution in [2.24, 2.45) is 11.7 Å². The highest BCUT2D eigenvalue weighted by Gasteiger charge is 2.52. The summed E-state index contributed by atoms with van der Waals surface area (Å²) in [5, 5.41) is 23.6. The van der Waals surface area contributed by atoms with Gasteiger partial charge in [0.05, 0.1) is 12.5 Å². The molecule has 2 atom stereocenters. The van der Waals surface area contributed by atoms with Crippen molar-refractivity contribution in [3.8, 4) is 0 Å². The van der Waals surface area contributed by atoms with Gasteiger partial charge in [-0.15, -0.1) is 0 Å². The molecule has 2 unspecified atom stereocenters. The van der Waals surface area contributed by atoms with Crippen molar-refractivity contribution in [3.05, 3.63) is 54.1 Å². The van der Waals surface area contributed by atoms with E-state index in [-0.39, 0.29) is 29.5 Å². The molecule has 12 nitrogen and oxygen atoms in total.